The molecule has 1 heterocycles. The van der Waals surface area contributed by atoms with Gasteiger partial charge in [0.15, 0.2) is 0 Å². The molecule has 0 atom stereocenters. The quantitative estimate of drug-likeness (QED) is 0.692. The monoisotopic (exact) mass is 336 g/mol. The maximum Gasteiger partial charge on any atom is 0.339 e. The van der Waals surface area contributed by atoms with Crippen molar-refractivity contribution in [3.8, 4) is 0 Å². The Morgan fingerprint density at radius 3 is 2.65 bits per heavy atom. The molecule has 0 N–H and O–H groups in total. The van der Waals surface area contributed by atoms with Crippen molar-refractivity contribution in [3.63, 3.8) is 0 Å². The first-order valence-corrected chi connectivity index (χ1v) is 7.48. The van der Waals surface area contributed by atoms with E-state index in [2.05, 4.69) is 15.9 Å². The van der Waals surface area contributed by atoms with E-state index >= 15 is 0 Å². The van der Waals surface area contributed by atoms with Crippen molar-refractivity contribution in [3.05, 3.63) is 51.0 Å². The smallest absolute Gasteiger partial charge is 0.339 e. The van der Waals surface area contributed by atoms with Gasteiger partial charge >= 0.3 is 5.97 Å². The number of allylic oxidation sites excluding steroid dienone is 2. The van der Waals surface area contributed by atoms with Crippen molar-refractivity contribution in [1.82, 2.24) is 0 Å². The van der Waals surface area contributed by atoms with Crippen molar-refractivity contribution < 1.29 is 13.9 Å². The van der Waals surface area contributed by atoms with E-state index in [-0.39, 0.29) is 11.8 Å². The van der Waals surface area contributed by atoms with Crippen LogP contribution in [0.4, 0.5) is 4.39 Å². The van der Waals surface area contributed by atoms with Gasteiger partial charge in [0.25, 0.3) is 0 Å². The molecule has 0 saturated heterocycles. The summed E-state index contributed by atoms with van der Waals surface area (Å²) in [6.45, 7) is 1.91. The van der Waals surface area contributed by atoms with E-state index in [1.54, 1.807) is 12.1 Å². The minimum atomic E-state index is -0.299. The fourth-order valence-corrected chi connectivity index (χ4v) is 3.14. The molecule has 1 aliphatic carbocycles. The maximum atomic E-state index is 13.3. The van der Waals surface area contributed by atoms with Crippen LogP contribution in [0.3, 0.4) is 0 Å². The third-order valence-electron chi connectivity index (χ3n) is 3.88. The largest absolute Gasteiger partial charge is 0.423 e. The Kier molecular flexibility index (Phi) is 3.50. The van der Waals surface area contributed by atoms with Gasteiger partial charge in [0, 0.05) is 11.1 Å². The summed E-state index contributed by atoms with van der Waals surface area (Å²) >= 11 is 3.19. The van der Waals surface area contributed by atoms with Gasteiger partial charge in [0.1, 0.15) is 11.6 Å². The Bertz CT molecular complexity index is 658. The third-order valence-corrected chi connectivity index (χ3v) is 4.48. The third kappa shape index (κ3) is 2.22. The molecule has 0 saturated carbocycles. The number of halogens is 2. The van der Waals surface area contributed by atoms with Crippen molar-refractivity contribution in [1.29, 1.82) is 0 Å². The highest BCUT2D eigenvalue weighted by molar-refractivity contribution is 9.10. The molecule has 0 bridgehead atoms. The molecular weight excluding hydrogens is 323 g/mol. The molecule has 3 rings (SSSR count). The number of hydrogen-bond donors (Lipinski definition) is 0. The number of esters is 1. The van der Waals surface area contributed by atoms with Gasteiger partial charge in [-0.2, -0.15) is 0 Å². The summed E-state index contributed by atoms with van der Waals surface area (Å²) in [6.07, 6.45) is 3.82. The predicted molar refractivity (Wildman–Crippen MR) is 78.3 cm³/mol. The fourth-order valence-electron chi connectivity index (χ4n) is 2.76. The van der Waals surface area contributed by atoms with Crippen LogP contribution < -0.4 is 0 Å². The molecule has 2 nitrogen and oxygen atoms in total. The lowest BCUT2D eigenvalue weighted by Gasteiger charge is -2.13. The van der Waals surface area contributed by atoms with Crippen LogP contribution in [-0.4, -0.2) is 5.97 Å². The summed E-state index contributed by atoms with van der Waals surface area (Å²) in [4.78, 5) is 11.9. The standard InChI is InChI=1S/C16H14BrFO2/c1-9(10-6-7-14(18)13(17)8-10)15-11-4-2-3-5-12(11)16(19)20-15/h6-8H,2-5H2,1H3. The Labute approximate surface area is 125 Å². The van der Waals surface area contributed by atoms with Crippen LogP contribution in [-0.2, 0) is 9.53 Å². The van der Waals surface area contributed by atoms with E-state index < -0.39 is 0 Å². The van der Waals surface area contributed by atoms with Gasteiger partial charge in [0.05, 0.1) is 4.47 Å². The van der Waals surface area contributed by atoms with Crippen molar-refractivity contribution in [2.75, 3.05) is 0 Å². The molecule has 4 heteroatoms. The molecule has 0 fully saturated rings. The Morgan fingerprint density at radius 1 is 1.25 bits per heavy atom. The van der Waals surface area contributed by atoms with Gasteiger partial charge in [0.2, 0.25) is 0 Å². The number of carbonyl (C=O) groups is 1. The van der Waals surface area contributed by atoms with Crippen LogP contribution in [0.5, 0.6) is 0 Å². The van der Waals surface area contributed by atoms with Crippen LogP contribution >= 0.6 is 15.9 Å². The van der Waals surface area contributed by atoms with Gasteiger partial charge < -0.3 is 4.74 Å². The normalized spacial score (nSPS) is 20.9. The zero-order valence-corrected chi connectivity index (χ0v) is 12.7. The molecule has 0 unspecified atom stereocenters. The van der Waals surface area contributed by atoms with Gasteiger partial charge in [-0.15, -0.1) is 0 Å². The van der Waals surface area contributed by atoms with Gasteiger partial charge in [-0.05, 0) is 71.8 Å². The number of carbonyl (C=O) groups excluding carboxylic acids is 1. The highest BCUT2D eigenvalue weighted by Gasteiger charge is 2.32. The first kappa shape index (κ1) is 13.6. The van der Waals surface area contributed by atoms with E-state index in [0.29, 0.717) is 10.2 Å². The van der Waals surface area contributed by atoms with Crippen LogP contribution in [0.15, 0.2) is 39.6 Å². The first-order chi connectivity index (χ1) is 9.58. The maximum absolute atomic E-state index is 13.3. The van der Waals surface area contributed by atoms with Crippen LogP contribution in [0.2, 0.25) is 0 Å². The Balaban J connectivity index is 2.07. The number of benzene rings is 1. The highest BCUT2D eigenvalue weighted by Crippen LogP contribution is 2.40. The first-order valence-electron chi connectivity index (χ1n) is 6.69. The fraction of sp³-hybridized carbons (Fsp3) is 0.312. The molecule has 1 aromatic rings. The van der Waals surface area contributed by atoms with Gasteiger partial charge in [-0.3, -0.25) is 0 Å². The molecule has 0 aromatic heterocycles. The predicted octanol–water partition coefficient (Wildman–Crippen LogP) is 4.75. The molecule has 1 aromatic carbocycles. The second-order valence-corrected chi connectivity index (χ2v) is 5.99. The molecular formula is C16H14BrFO2. The zero-order valence-electron chi connectivity index (χ0n) is 11.1. The average Bonchev–Trinajstić information content (AvgIpc) is 2.79. The minimum absolute atomic E-state index is 0.213. The average molecular weight is 337 g/mol. The lowest BCUT2D eigenvalue weighted by Crippen LogP contribution is -2.01. The van der Waals surface area contributed by atoms with Crippen LogP contribution in [0.1, 0.15) is 38.2 Å². The number of rotatable bonds is 1. The molecule has 20 heavy (non-hydrogen) atoms. The van der Waals surface area contributed by atoms with Crippen molar-refractivity contribution in [2.45, 2.75) is 32.6 Å². The summed E-state index contributed by atoms with van der Waals surface area (Å²) in [5.41, 5.74) is 3.61. The van der Waals surface area contributed by atoms with E-state index in [4.69, 9.17) is 4.74 Å². The zero-order chi connectivity index (χ0) is 14.3. The highest BCUT2D eigenvalue weighted by atomic mass is 79.9. The van der Waals surface area contributed by atoms with Crippen molar-refractivity contribution >= 4 is 27.5 Å². The topological polar surface area (TPSA) is 26.3 Å². The molecule has 2 aliphatic rings. The summed E-state index contributed by atoms with van der Waals surface area (Å²) in [5, 5.41) is 0. The van der Waals surface area contributed by atoms with E-state index in [9.17, 15) is 9.18 Å². The second kappa shape index (κ2) is 5.17. The lowest BCUT2D eigenvalue weighted by molar-refractivity contribution is -0.133. The number of ether oxygens (including phenoxy) is 1. The van der Waals surface area contributed by atoms with Gasteiger partial charge in [-0.25, -0.2) is 9.18 Å². The summed E-state index contributed by atoms with van der Waals surface area (Å²) in [7, 11) is 0. The molecule has 104 valence electrons. The van der Waals surface area contributed by atoms with Gasteiger partial charge in [-0.1, -0.05) is 6.07 Å². The summed E-state index contributed by atoms with van der Waals surface area (Å²) in [5.74, 6) is 0.158. The minimum Gasteiger partial charge on any atom is -0.423 e. The molecule has 0 amide bonds. The second-order valence-electron chi connectivity index (χ2n) is 5.14. The Hall–Kier alpha value is -1.42. The summed E-state index contributed by atoms with van der Waals surface area (Å²) < 4.78 is 19.2. The lowest BCUT2D eigenvalue weighted by atomic mass is 9.90. The number of cyclic esters (lactones) is 1. The van der Waals surface area contributed by atoms with Crippen LogP contribution in [0.25, 0.3) is 5.57 Å². The number of hydrogen-bond acceptors (Lipinski definition) is 2. The molecule has 0 spiro atoms. The SMILES string of the molecule is CC(=C1OC(=O)C2=C1CCCC2)c1ccc(F)c(Br)c1. The van der Waals surface area contributed by atoms with Crippen molar-refractivity contribution in [2.24, 2.45) is 0 Å². The molecule has 1 aliphatic heterocycles. The summed E-state index contributed by atoms with van der Waals surface area (Å²) in [6, 6.07) is 4.83. The molecule has 0 radical (unpaired) electrons. The van der Waals surface area contributed by atoms with E-state index in [0.717, 1.165) is 48.0 Å². The Morgan fingerprint density at radius 2 is 1.95 bits per heavy atom. The van der Waals surface area contributed by atoms with E-state index in [1.807, 2.05) is 6.92 Å². The van der Waals surface area contributed by atoms with E-state index in [1.165, 1.54) is 6.07 Å². The van der Waals surface area contributed by atoms with Crippen LogP contribution in [0, 0.1) is 5.82 Å².